The minimum absolute atomic E-state index is 0.265. The van der Waals surface area contributed by atoms with Gasteiger partial charge in [-0.15, -0.1) is 0 Å². The minimum Gasteiger partial charge on any atom is -0.369 e. The molecule has 1 fully saturated rings. The molecule has 0 bridgehead atoms. The fourth-order valence-corrected chi connectivity index (χ4v) is 2.41. The molecule has 8 heteroatoms. The zero-order chi connectivity index (χ0) is 15.4. The number of nitrogens with zero attached hydrogens (tertiary/aromatic N) is 1. The molecule has 0 aliphatic carbocycles. The highest BCUT2D eigenvalue weighted by molar-refractivity contribution is 6.37. The quantitative estimate of drug-likeness (QED) is 0.722. The van der Waals surface area contributed by atoms with E-state index < -0.39 is 6.04 Å². The third kappa shape index (κ3) is 3.98. The van der Waals surface area contributed by atoms with Gasteiger partial charge in [0, 0.05) is 13.0 Å². The van der Waals surface area contributed by atoms with Crippen molar-refractivity contribution in [2.24, 2.45) is 0 Å². The molecule has 2 heterocycles. The highest BCUT2D eigenvalue weighted by atomic mass is 35.5. The lowest BCUT2D eigenvalue weighted by molar-refractivity contribution is -0.133. The molecule has 1 aliphatic heterocycles. The van der Waals surface area contributed by atoms with Crippen molar-refractivity contribution in [3.63, 3.8) is 0 Å². The first kappa shape index (κ1) is 15.9. The lowest BCUT2D eigenvalue weighted by Crippen LogP contribution is -2.47. The summed E-state index contributed by atoms with van der Waals surface area (Å²) in [6.45, 7) is 2.76. The molecule has 2 amide bonds. The van der Waals surface area contributed by atoms with Crippen molar-refractivity contribution >= 4 is 46.7 Å². The van der Waals surface area contributed by atoms with Crippen LogP contribution in [0.25, 0.3) is 0 Å². The Labute approximate surface area is 132 Å². The number of anilines is 2. The van der Waals surface area contributed by atoms with E-state index in [1.165, 1.54) is 0 Å². The molecule has 21 heavy (non-hydrogen) atoms. The first-order chi connectivity index (χ1) is 10.0. The van der Waals surface area contributed by atoms with Gasteiger partial charge >= 0.3 is 0 Å². The monoisotopic (exact) mass is 330 g/mol. The molecule has 3 N–H and O–H groups in total. The van der Waals surface area contributed by atoms with Gasteiger partial charge in [-0.25, -0.2) is 4.98 Å². The first-order valence-corrected chi connectivity index (χ1v) is 7.47. The van der Waals surface area contributed by atoms with Crippen molar-refractivity contribution in [3.8, 4) is 0 Å². The van der Waals surface area contributed by atoms with Crippen molar-refractivity contribution in [1.29, 1.82) is 0 Å². The summed E-state index contributed by atoms with van der Waals surface area (Å²) in [5.74, 6) is 0.243. The van der Waals surface area contributed by atoms with Gasteiger partial charge in [-0.3, -0.25) is 14.9 Å². The van der Waals surface area contributed by atoms with E-state index in [-0.39, 0.29) is 18.2 Å². The second-order valence-corrected chi connectivity index (χ2v) is 5.54. The average Bonchev–Trinajstić information content (AvgIpc) is 2.43. The van der Waals surface area contributed by atoms with Crippen LogP contribution in [0.2, 0.25) is 10.0 Å². The Morgan fingerprint density at radius 3 is 2.71 bits per heavy atom. The van der Waals surface area contributed by atoms with Crippen molar-refractivity contribution in [3.05, 3.63) is 16.1 Å². The number of halogens is 2. The fraction of sp³-hybridized carbons (Fsp3) is 0.462. The third-order valence-corrected chi connectivity index (χ3v) is 3.60. The van der Waals surface area contributed by atoms with Gasteiger partial charge in [0.15, 0.2) is 0 Å². The van der Waals surface area contributed by atoms with Crippen LogP contribution in [-0.4, -0.2) is 29.4 Å². The number of amides is 2. The summed E-state index contributed by atoms with van der Waals surface area (Å²) in [5.41, 5.74) is 0. The van der Waals surface area contributed by atoms with Crippen LogP contribution in [0.3, 0.4) is 0 Å². The van der Waals surface area contributed by atoms with E-state index in [4.69, 9.17) is 23.2 Å². The van der Waals surface area contributed by atoms with Crippen LogP contribution >= 0.6 is 23.2 Å². The zero-order valence-corrected chi connectivity index (χ0v) is 13.0. The third-order valence-electron chi connectivity index (χ3n) is 3.02. The molecule has 1 aromatic heterocycles. The Kier molecular flexibility index (Phi) is 5.25. The molecule has 0 saturated carbocycles. The number of pyridine rings is 1. The van der Waals surface area contributed by atoms with Crippen LogP contribution in [0.1, 0.15) is 26.2 Å². The molecule has 0 spiro atoms. The predicted molar refractivity (Wildman–Crippen MR) is 82.8 cm³/mol. The van der Waals surface area contributed by atoms with Gasteiger partial charge in [0.05, 0.1) is 10.0 Å². The van der Waals surface area contributed by atoms with E-state index in [1.807, 2.05) is 6.92 Å². The molecular weight excluding hydrogens is 315 g/mol. The molecular formula is C13H16Cl2N4O2. The number of carbonyl (C=O) groups is 2. The summed E-state index contributed by atoms with van der Waals surface area (Å²) < 4.78 is 0. The van der Waals surface area contributed by atoms with E-state index in [2.05, 4.69) is 20.9 Å². The van der Waals surface area contributed by atoms with Crippen LogP contribution in [-0.2, 0) is 9.59 Å². The lowest BCUT2D eigenvalue weighted by atomic mass is 10.1. The van der Waals surface area contributed by atoms with Gasteiger partial charge in [0.1, 0.15) is 17.7 Å². The standard InChI is InChI=1S/C13H16Cl2N4O2/c1-2-5-16-11-7(14)6-8(15)12(19-11)17-9-3-4-10(20)18-13(9)21/h6,9H,2-5H2,1H3,(H2,16,17,19)(H,18,20,21). The first-order valence-electron chi connectivity index (χ1n) is 6.71. The number of nitrogens with one attached hydrogen (secondary N) is 3. The molecule has 1 aliphatic rings. The van der Waals surface area contributed by atoms with E-state index in [1.54, 1.807) is 6.07 Å². The van der Waals surface area contributed by atoms with E-state index in [0.717, 1.165) is 13.0 Å². The van der Waals surface area contributed by atoms with E-state index in [0.29, 0.717) is 28.1 Å². The zero-order valence-electron chi connectivity index (χ0n) is 11.5. The molecule has 114 valence electrons. The summed E-state index contributed by atoms with van der Waals surface area (Å²) in [5, 5.41) is 9.07. The number of rotatable bonds is 5. The summed E-state index contributed by atoms with van der Waals surface area (Å²) in [6.07, 6.45) is 1.62. The molecule has 1 unspecified atom stereocenters. The van der Waals surface area contributed by atoms with E-state index >= 15 is 0 Å². The lowest BCUT2D eigenvalue weighted by Gasteiger charge is -2.23. The maximum atomic E-state index is 11.7. The molecule has 6 nitrogen and oxygen atoms in total. The highest BCUT2D eigenvalue weighted by Gasteiger charge is 2.27. The van der Waals surface area contributed by atoms with Gasteiger partial charge in [0.25, 0.3) is 0 Å². The predicted octanol–water partition coefficient (Wildman–Crippen LogP) is 2.43. The summed E-state index contributed by atoms with van der Waals surface area (Å²) >= 11 is 12.2. The Bertz CT molecular complexity index is 565. The van der Waals surface area contributed by atoms with Crippen LogP contribution in [0.5, 0.6) is 0 Å². The number of piperidine rings is 1. The van der Waals surface area contributed by atoms with Crippen LogP contribution < -0.4 is 16.0 Å². The van der Waals surface area contributed by atoms with Crippen LogP contribution in [0, 0.1) is 0 Å². The Morgan fingerprint density at radius 1 is 1.33 bits per heavy atom. The second kappa shape index (κ2) is 6.95. The van der Waals surface area contributed by atoms with Gasteiger partial charge in [0.2, 0.25) is 11.8 Å². The van der Waals surface area contributed by atoms with Crippen molar-refractivity contribution in [1.82, 2.24) is 10.3 Å². The molecule has 1 saturated heterocycles. The molecule has 0 radical (unpaired) electrons. The SMILES string of the molecule is CCCNc1nc(NC2CCC(=O)NC2=O)c(Cl)cc1Cl. The molecule has 1 aromatic rings. The average molecular weight is 331 g/mol. The number of aromatic nitrogens is 1. The minimum atomic E-state index is -0.534. The number of carbonyl (C=O) groups excluding carboxylic acids is 2. The molecule has 0 aromatic carbocycles. The van der Waals surface area contributed by atoms with Gasteiger partial charge < -0.3 is 10.6 Å². The van der Waals surface area contributed by atoms with Crippen molar-refractivity contribution < 1.29 is 9.59 Å². The summed E-state index contributed by atoms with van der Waals surface area (Å²) in [4.78, 5) is 27.2. The van der Waals surface area contributed by atoms with Crippen molar-refractivity contribution in [2.75, 3.05) is 17.2 Å². The number of hydrogen-bond acceptors (Lipinski definition) is 5. The summed E-state index contributed by atoms with van der Waals surface area (Å²) in [7, 11) is 0. The molecule has 2 rings (SSSR count). The Balaban J connectivity index is 2.15. The fourth-order valence-electron chi connectivity index (χ4n) is 1.93. The number of imide groups is 1. The van der Waals surface area contributed by atoms with Gasteiger partial charge in [-0.2, -0.15) is 0 Å². The van der Waals surface area contributed by atoms with Crippen LogP contribution in [0.4, 0.5) is 11.6 Å². The van der Waals surface area contributed by atoms with Crippen LogP contribution in [0.15, 0.2) is 6.07 Å². The van der Waals surface area contributed by atoms with Crippen molar-refractivity contribution in [2.45, 2.75) is 32.2 Å². The Morgan fingerprint density at radius 2 is 2.05 bits per heavy atom. The van der Waals surface area contributed by atoms with Gasteiger partial charge in [-0.1, -0.05) is 30.1 Å². The maximum Gasteiger partial charge on any atom is 0.249 e. The summed E-state index contributed by atoms with van der Waals surface area (Å²) in [6, 6.07) is 1.04. The topological polar surface area (TPSA) is 83.1 Å². The Hall–Kier alpha value is -1.53. The maximum absolute atomic E-state index is 11.7. The van der Waals surface area contributed by atoms with E-state index in [9.17, 15) is 9.59 Å². The largest absolute Gasteiger partial charge is 0.369 e. The molecule has 1 atom stereocenters. The second-order valence-electron chi connectivity index (χ2n) is 4.72. The number of hydrogen-bond donors (Lipinski definition) is 3. The normalized spacial score (nSPS) is 18.3. The van der Waals surface area contributed by atoms with Gasteiger partial charge in [-0.05, 0) is 18.9 Å². The smallest absolute Gasteiger partial charge is 0.249 e. The highest BCUT2D eigenvalue weighted by Crippen LogP contribution is 2.30.